The molecule has 33 heavy (non-hydrogen) atoms. The number of halogens is 2. The molecule has 0 aromatic heterocycles. The van der Waals surface area contributed by atoms with Crippen LogP contribution in [0.15, 0.2) is 23.1 Å². The molecule has 4 rings (SSSR count). The molecule has 10 nitrogen and oxygen atoms in total. The van der Waals surface area contributed by atoms with Gasteiger partial charge in [-0.3, -0.25) is 19.9 Å². The van der Waals surface area contributed by atoms with Crippen LogP contribution in [0.4, 0.5) is 13.6 Å². The maximum absolute atomic E-state index is 14.0. The minimum Gasteiger partial charge on any atom is -0.322 e. The summed E-state index contributed by atoms with van der Waals surface area (Å²) in [5.74, 6) is -2.95. The van der Waals surface area contributed by atoms with Crippen molar-refractivity contribution >= 4 is 27.9 Å². The number of hydrazine groups is 1. The summed E-state index contributed by atoms with van der Waals surface area (Å²) in [6.45, 7) is 0.100. The zero-order valence-corrected chi connectivity index (χ0v) is 18.7. The highest BCUT2D eigenvalue weighted by Crippen LogP contribution is 2.33. The summed E-state index contributed by atoms with van der Waals surface area (Å²) in [4.78, 5) is 38.4. The Kier molecular flexibility index (Phi) is 6.38. The van der Waals surface area contributed by atoms with Crippen LogP contribution in [0.3, 0.4) is 0 Å². The molecule has 180 valence electrons. The lowest BCUT2D eigenvalue weighted by Gasteiger charge is -2.33. The van der Waals surface area contributed by atoms with E-state index in [2.05, 4.69) is 10.7 Å². The van der Waals surface area contributed by atoms with Gasteiger partial charge < -0.3 is 5.32 Å². The summed E-state index contributed by atoms with van der Waals surface area (Å²) < 4.78 is 53.8. The highest BCUT2D eigenvalue weighted by atomic mass is 32.2. The lowest BCUT2D eigenvalue weighted by molar-refractivity contribution is -0.140. The molecule has 4 amide bonds. The second-order valence-electron chi connectivity index (χ2n) is 8.50. The van der Waals surface area contributed by atoms with Gasteiger partial charge in [0.1, 0.15) is 22.1 Å². The Labute approximate surface area is 189 Å². The van der Waals surface area contributed by atoms with Crippen LogP contribution < -0.4 is 10.7 Å². The second-order valence-corrected chi connectivity index (χ2v) is 10.4. The van der Waals surface area contributed by atoms with Crippen LogP contribution in [0.1, 0.15) is 32.1 Å². The van der Waals surface area contributed by atoms with Crippen LogP contribution in [0.25, 0.3) is 0 Å². The first-order valence-corrected chi connectivity index (χ1v) is 12.2. The fourth-order valence-corrected chi connectivity index (χ4v) is 6.02. The molecular formula is C20H25F2N5O5S. The summed E-state index contributed by atoms with van der Waals surface area (Å²) >= 11 is 0. The number of hydrogen-bond acceptors (Lipinski definition) is 6. The average Bonchev–Trinajstić information content (AvgIpc) is 3.00. The third-order valence-electron chi connectivity index (χ3n) is 6.31. The van der Waals surface area contributed by atoms with Crippen molar-refractivity contribution in [3.8, 4) is 0 Å². The Balaban J connectivity index is 1.32. The zero-order valence-electron chi connectivity index (χ0n) is 17.9. The molecule has 1 aliphatic carbocycles. The topological polar surface area (TPSA) is 119 Å². The molecule has 2 saturated heterocycles. The zero-order chi connectivity index (χ0) is 23.8. The van der Waals surface area contributed by atoms with Crippen LogP contribution in [0.5, 0.6) is 0 Å². The lowest BCUT2D eigenvalue weighted by Crippen LogP contribution is -2.54. The van der Waals surface area contributed by atoms with E-state index in [1.165, 1.54) is 0 Å². The number of urea groups is 1. The maximum Gasteiger partial charge on any atom is 0.344 e. The van der Waals surface area contributed by atoms with E-state index in [0.717, 1.165) is 40.7 Å². The summed E-state index contributed by atoms with van der Waals surface area (Å²) in [7, 11) is -4.23. The highest BCUT2D eigenvalue weighted by molar-refractivity contribution is 7.89. The fraction of sp³-hybridized carbons (Fsp3) is 0.550. The van der Waals surface area contributed by atoms with Gasteiger partial charge in [-0.25, -0.2) is 22.0 Å². The molecule has 2 heterocycles. The number of carbonyl (C=O) groups is 3. The first-order valence-electron chi connectivity index (χ1n) is 10.8. The number of nitrogens with one attached hydrogen (secondary N) is 2. The lowest BCUT2D eigenvalue weighted by atomic mass is 9.82. The van der Waals surface area contributed by atoms with Crippen LogP contribution in [0.2, 0.25) is 0 Å². The third-order valence-corrected chi connectivity index (χ3v) is 8.23. The van der Waals surface area contributed by atoms with Crippen molar-refractivity contribution in [2.45, 2.75) is 42.5 Å². The molecule has 2 aliphatic heterocycles. The van der Waals surface area contributed by atoms with E-state index in [1.54, 1.807) is 4.90 Å². The van der Waals surface area contributed by atoms with E-state index in [4.69, 9.17) is 0 Å². The van der Waals surface area contributed by atoms with E-state index in [9.17, 15) is 31.6 Å². The van der Waals surface area contributed by atoms with Gasteiger partial charge in [0.25, 0.3) is 11.8 Å². The van der Waals surface area contributed by atoms with Gasteiger partial charge in [-0.1, -0.05) is 19.3 Å². The third kappa shape index (κ3) is 4.57. The molecule has 13 heteroatoms. The van der Waals surface area contributed by atoms with Crippen molar-refractivity contribution in [2.24, 2.45) is 0 Å². The molecule has 1 saturated carbocycles. The van der Waals surface area contributed by atoms with Gasteiger partial charge >= 0.3 is 6.03 Å². The van der Waals surface area contributed by atoms with Crippen molar-refractivity contribution in [1.29, 1.82) is 0 Å². The SMILES string of the molecule is O=C(CN1CCN(S(=O)(=O)c2cc(F)ccc2F)CC1)NN1C(=O)NC2(CCCCC2)C1=O. The Hall–Kier alpha value is -2.64. The van der Waals surface area contributed by atoms with Crippen molar-refractivity contribution in [3.05, 3.63) is 29.8 Å². The van der Waals surface area contributed by atoms with Crippen LogP contribution in [0, 0.1) is 11.6 Å². The first kappa shape index (κ1) is 23.5. The molecule has 0 radical (unpaired) electrons. The van der Waals surface area contributed by atoms with Gasteiger partial charge in [0.05, 0.1) is 6.54 Å². The molecule has 2 N–H and O–H groups in total. The molecule has 0 atom stereocenters. The number of imide groups is 1. The van der Waals surface area contributed by atoms with E-state index in [1.807, 2.05) is 0 Å². The van der Waals surface area contributed by atoms with Gasteiger partial charge in [-0.15, -0.1) is 0 Å². The molecule has 1 aromatic rings. The van der Waals surface area contributed by atoms with Gasteiger partial charge in [-0.05, 0) is 31.0 Å². The number of benzene rings is 1. The second kappa shape index (κ2) is 8.95. The minimum absolute atomic E-state index is 0.0300. The van der Waals surface area contributed by atoms with E-state index < -0.39 is 49.9 Å². The minimum atomic E-state index is -4.23. The summed E-state index contributed by atoms with van der Waals surface area (Å²) in [5.41, 5.74) is 1.40. The number of amides is 4. The predicted octanol–water partition coefficient (Wildman–Crippen LogP) is 0.557. The van der Waals surface area contributed by atoms with Crippen molar-refractivity contribution in [3.63, 3.8) is 0 Å². The van der Waals surface area contributed by atoms with Gasteiger partial charge in [0.15, 0.2) is 0 Å². The van der Waals surface area contributed by atoms with Crippen LogP contribution in [-0.4, -0.2) is 78.7 Å². The van der Waals surface area contributed by atoms with E-state index >= 15 is 0 Å². The highest BCUT2D eigenvalue weighted by Gasteiger charge is 2.52. The number of nitrogens with zero attached hydrogens (tertiary/aromatic N) is 3. The molecule has 1 spiro atoms. The summed E-state index contributed by atoms with van der Waals surface area (Å²) in [5, 5.41) is 3.43. The first-order chi connectivity index (χ1) is 15.6. The fourth-order valence-electron chi connectivity index (χ4n) is 4.52. The molecule has 1 aromatic carbocycles. The van der Waals surface area contributed by atoms with Gasteiger partial charge in [0.2, 0.25) is 10.0 Å². The average molecular weight is 486 g/mol. The van der Waals surface area contributed by atoms with E-state index in [0.29, 0.717) is 18.9 Å². The standard InChI is InChI=1S/C20H25F2N5O5S/c21-14-4-5-15(22)16(12-14)33(31,32)26-10-8-25(9-11-26)13-17(28)24-27-18(29)20(23-19(27)30)6-2-1-3-7-20/h4-5,12H,1-3,6-11,13H2,(H,23,30)(H,24,28). The van der Waals surface area contributed by atoms with Crippen LogP contribution in [-0.2, 0) is 19.6 Å². The molecule has 3 aliphatic rings. The summed E-state index contributed by atoms with van der Waals surface area (Å²) in [6.07, 6.45) is 3.70. The number of piperazine rings is 1. The van der Waals surface area contributed by atoms with Gasteiger partial charge in [-0.2, -0.15) is 9.31 Å². The quantitative estimate of drug-likeness (QED) is 0.589. The largest absolute Gasteiger partial charge is 0.344 e. The van der Waals surface area contributed by atoms with Crippen molar-refractivity contribution in [2.75, 3.05) is 32.7 Å². The number of hydrogen-bond donors (Lipinski definition) is 2. The Morgan fingerprint density at radius 2 is 1.73 bits per heavy atom. The monoisotopic (exact) mass is 485 g/mol. The summed E-state index contributed by atoms with van der Waals surface area (Å²) in [6, 6.07) is 1.58. The molecular weight excluding hydrogens is 460 g/mol. The van der Waals surface area contributed by atoms with E-state index in [-0.39, 0.29) is 32.7 Å². The Morgan fingerprint density at radius 1 is 1.06 bits per heavy atom. The predicted molar refractivity (Wildman–Crippen MR) is 111 cm³/mol. The number of carbonyl (C=O) groups excluding carboxylic acids is 3. The van der Waals surface area contributed by atoms with Gasteiger partial charge in [0, 0.05) is 26.2 Å². The number of sulfonamides is 1. The van der Waals surface area contributed by atoms with Crippen molar-refractivity contribution < 1.29 is 31.6 Å². The number of rotatable bonds is 5. The Bertz CT molecular complexity index is 1070. The molecule has 3 fully saturated rings. The normalized spacial score (nSPS) is 21.9. The smallest absolute Gasteiger partial charge is 0.322 e. The molecule has 0 unspecified atom stereocenters. The Morgan fingerprint density at radius 3 is 2.39 bits per heavy atom. The maximum atomic E-state index is 14.0. The van der Waals surface area contributed by atoms with Crippen molar-refractivity contribution in [1.82, 2.24) is 25.0 Å². The van der Waals surface area contributed by atoms with Crippen LogP contribution >= 0.6 is 0 Å². The molecule has 0 bridgehead atoms.